The van der Waals surface area contributed by atoms with Crippen molar-refractivity contribution in [3.63, 3.8) is 0 Å². The van der Waals surface area contributed by atoms with Crippen molar-refractivity contribution in [3.8, 4) is 56.2 Å². The maximum Gasteiger partial charge on any atom is 0.160 e. The lowest BCUT2D eigenvalue weighted by atomic mass is 9.74. The molecule has 1 atom stereocenters. The summed E-state index contributed by atoms with van der Waals surface area (Å²) in [5.41, 5.74) is 13.5. The molecule has 1 aliphatic carbocycles. The van der Waals surface area contributed by atoms with Gasteiger partial charge in [-0.25, -0.2) is 9.97 Å². The minimum atomic E-state index is -0.295. The second kappa shape index (κ2) is 11.7. The van der Waals surface area contributed by atoms with Gasteiger partial charge in [0.2, 0.25) is 0 Å². The van der Waals surface area contributed by atoms with E-state index in [1.54, 1.807) is 0 Å². The van der Waals surface area contributed by atoms with Crippen LogP contribution in [0.15, 0.2) is 176 Å². The van der Waals surface area contributed by atoms with E-state index < -0.39 is 0 Å². The Morgan fingerprint density at radius 2 is 1.02 bits per heavy atom. The second-order valence-electron chi connectivity index (χ2n) is 13.4. The Hall–Kier alpha value is -6.16. The van der Waals surface area contributed by atoms with Gasteiger partial charge in [0.15, 0.2) is 5.82 Å². The molecule has 0 radical (unpaired) electrons. The smallest absolute Gasteiger partial charge is 0.160 e. The Bertz CT molecular complexity index is 2760. The lowest BCUT2D eigenvalue weighted by Gasteiger charge is -2.28. The number of nitrogens with zero attached hydrogens (tertiary/aromatic N) is 2. The van der Waals surface area contributed by atoms with Gasteiger partial charge in [0.1, 0.15) is 0 Å². The van der Waals surface area contributed by atoms with Crippen LogP contribution >= 0.6 is 11.3 Å². The van der Waals surface area contributed by atoms with Crippen LogP contribution in [0, 0.1) is 0 Å². The molecule has 0 aliphatic heterocycles. The normalized spacial score (nSPS) is 14.8. The van der Waals surface area contributed by atoms with Gasteiger partial charge in [0, 0.05) is 47.8 Å². The Balaban J connectivity index is 1.22. The SMILES string of the molecule is CC1(c2ccccc2)c2ccccc2-c2c(-c3cc(-c4ccccc4-c4cccc5c4sc4ccccc45)nc(-c4ccccc4)n3)cccc21. The van der Waals surface area contributed by atoms with Gasteiger partial charge in [-0.05, 0) is 52.4 Å². The molecule has 0 N–H and O–H groups in total. The van der Waals surface area contributed by atoms with E-state index in [0.29, 0.717) is 5.82 Å². The molecule has 9 aromatic rings. The summed E-state index contributed by atoms with van der Waals surface area (Å²) in [6.45, 7) is 2.36. The Morgan fingerprint density at radius 1 is 0.451 bits per heavy atom. The van der Waals surface area contributed by atoms with Crippen LogP contribution < -0.4 is 0 Å². The summed E-state index contributed by atoms with van der Waals surface area (Å²) in [5, 5.41) is 2.59. The van der Waals surface area contributed by atoms with Crippen LogP contribution in [0.1, 0.15) is 23.6 Å². The van der Waals surface area contributed by atoms with E-state index in [1.807, 2.05) is 17.4 Å². The number of rotatable bonds is 5. The molecular formula is C48H32N2S. The summed E-state index contributed by atoms with van der Waals surface area (Å²) in [4.78, 5) is 10.7. The molecule has 0 saturated carbocycles. The number of fused-ring (bicyclic) bond motifs is 6. The molecule has 2 nitrogen and oxygen atoms in total. The van der Waals surface area contributed by atoms with Crippen molar-refractivity contribution in [1.82, 2.24) is 9.97 Å². The zero-order chi connectivity index (χ0) is 33.9. The van der Waals surface area contributed by atoms with E-state index in [2.05, 4.69) is 177 Å². The first kappa shape index (κ1) is 29.7. The Labute approximate surface area is 301 Å². The Kier molecular flexibility index (Phi) is 6.83. The van der Waals surface area contributed by atoms with Gasteiger partial charge in [0.25, 0.3) is 0 Å². The van der Waals surface area contributed by atoms with Crippen LogP contribution in [-0.2, 0) is 5.41 Å². The number of thiophene rings is 1. The minimum absolute atomic E-state index is 0.295. The maximum atomic E-state index is 5.34. The van der Waals surface area contributed by atoms with E-state index in [4.69, 9.17) is 9.97 Å². The van der Waals surface area contributed by atoms with E-state index in [-0.39, 0.29) is 5.41 Å². The van der Waals surface area contributed by atoms with Crippen molar-refractivity contribution in [1.29, 1.82) is 0 Å². The fourth-order valence-electron chi connectivity index (χ4n) is 8.18. The molecule has 1 unspecified atom stereocenters. The molecule has 0 amide bonds. The van der Waals surface area contributed by atoms with Crippen LogP contribution in [0.3, 0.4) is 0 Å². The molecule has 2 aromatic heterocycles. The van der Waals surface area contributed by atoms with Crippen molar-refractivity contribution in [2.24, 2.45) is 0 Å². The first-order chi connectivity index (χ1) is 25.2. The molecule has 0 saturated heterocycles. The molecule has 0 fully saturated rings. The molecule has 10 rings (SSSR count). The highest BCUT2D eigenvalue weighted by atomic mass is 32.1. The van der Waals surface area contributed by atoms with Crippen molar-refractivity contribution in [3.05, 3.63) is 193 Å². The molecule has 3 heteroatoms. The maximum absolute atomic E-state index is 5.34. The van der Waals surface area contributed by atoms with E-state index in [1.165, 1.54) is 59.1 Å². The summed E-state index contributed by atoms with van der Waals surface area (Å²) < 4.78 is 2.59. The average Bonchev–Trinajstić information content (AvgIpc) is 3.72. The van der Waals surface area contributed by atoms with Crippen LogP contribution in [0.5, 0.6) is 0 Å². The van der Waals surface area contributed by atoms with Crippen molar-refractivity contribution < 1.29 is 0 Å². The largest absolute Gasteiger partial charge is 0.228 e. The Morgan fingerprint density at radius 3 is 1.84 bits per heavy atom. The van der Waals surface area contributed by atoms with E-state index in [0.717, 1.165) is 28.1 Å². The summed E-state index contributed by atoms with van der Waals surface area (Å²) in [5.74, 6) is 0.715. The first-order valence-corrected chi connectivity index (χ1v) is 18.2. The molecule has 0 spiro atoms. The molecular weight excluding hydrogens is 637 g/mol. The van der Waals surface area contributed by atoms with Crippen LogP contribution in [-0.4, -0.2) is 9.97 Å². The minimum Gasteiger partial charge on any atom is -0.228 e. The van der Waals surface area contributed by atoms with Gasteiger partial charge >= 0.3 is 0 Å². The van der Waals surface area contributed by atoms with E-state index >= 15 is 0 Å². The summed E-state index contributed by atoms with van der Waals surface area (Å²) >= 11 is 1.86. The number of aromatic nitrogens is 2. The molecule has 7 aromatic carbocycles. The number of hydrogen-bond donors (Lipinski definition) is 0. The van der Waals surface area contributed by atoms with E-state index in [9.17, 15) is 0 Å². The van der Waals surface area contributed by atoms with Gasteiger partial charge in [-0.2, -0.15) is 0 Å². The average molecular weight is 669 g/mol. The van der Waals surface area contributed by atoms with Crippen LogP contribution in [0.25, 0.3) is 76.3 Å². The summed E-state index contributed by atoms with van der Waals surface area (Å²) in [7, 11) is 0. The van der Waals surface area contributed by atoms with Crippen LogP contribution in [0.4, 0.5) is 0 Å². The van der Waals surface area contributed by atoms with Crippen molar-refractivity contribution >= 4 is 31.5 Å². The third kappa shape index (κ3) is 4.62. The van der Waals surface area contributed by atoms with Gasteiger partial charge < -0.3 is 0 Å². The van der Waals surface area contributed by atoms with Crippen molar-refractivity contribution in [2.75, 3.05) is 0 Å². The summed E-state index contributed by atoms with van der Waals surface area (Å²) in [6, 6.07) is 63.1. The van der Waals surface area contributed by atoms with Crippen LogP contribution in [0.2, 0.25) is 0 Å². The lowest BCUT2D eigenvalue weighted by Crippen LogP contribution is -2.22. The predicted molar refractivity (Wildman–Crippen MR) is 214 cm³/mol. The number of hydrogen-bond acceptors (Lipinski definition) is 3. The zero-order valence-corrected chi connectivity index (χ0v) is 28.9. The van der Waals surface area contributed by atoms with Gasteiger partial charge in [-0.15, -0.1) is 11.3 Å². The third-order valence-electron chi connectivity index (χ3n) is 10.6. The lowest BCUT2D eigenvalue weighted by molar-refractivity contribution is 0.714. The molecule has 0 bridgehead atoms. The first-order valence-electron chi connectivity index (χ1n) is 17.4. The zero-order valence-electron chi connectivity index (χ0n) is 28.0. The topological polar surface area (TPSA) is 25.8 Å². The molecule has 51 heavy (non-hydrogen) atoms. The highest BCUT2D eigenvalue weighted by molar-refractivity contribution is 7.26. The highest BCUT2D eigenvalue weighted by Crippen LogP contribution is 2.55. The fraction of sp³-hybridized carbons (Fsp3) is 0.0417. The fourth-order valence-corrected chi connectivity index (χ4v) is 9.41. The molecule has 2 heterocycles. The predicted octanol–water partition coefficient (Wildman–Crippen LogP) is 12.8. The molecule has 240 valence electrons. The quantitative estimate of drug-likeness (QED) is 0.182. The second-order valence-corrected chi connectivity index (χ2v) is 14.5. The summed E-state index contributed by atoms with van der Waals surface area (Å²) in [6.07, 6.45) is 0. The van der Waals surface area contributed by atoms with Gasteiger partial charge in [-0.3, -0.25) is 0 Å². The van der Waals surface area contributed by atoms with Crippen molar-refractivity contribution in [2.45, 2.75) is 12.3 Å². The highest BCUT2D eigenvalue weighted by Gasteiger charge is 2.41. The van der Waals surface area contributed by atoms with Gasteiger partial charge in [-0.1, -0.05) is 164 Å². The third-order valence-corrected chi connectivity index (χ3v) is 11.8. The monoisotopic (exact) mass is 668 g/mol. The molecule has 1 aliphatic rings. The standard InChI is InChI=1S/C48H32N2S/c1-48(32-18-6-3-7-19-32)40-27-12-10-23-38(40)45-39(26-15-28-41(45)48)43-30-42(49-47(50-43)31-16-4-2-5-17-31)34-21-9-8-20-33(34)36-24-14-25-37-35-22-11-13-29-44(35)51-46(36)37/h2-30H,1H3. The van der Waals surface area contributed by atoms with Gasteiger partial charge in [0.05, 0.1) is 11.4 Å². The number of benzene rings is 7.